The van der Waals surface area contributed by atoms with Crippen LogP contribution in [0.1, 0.15) is 49.8 Å². The maximum atomic E-state index is 10.8. The van der Waals surface area contributed by atoms with Gasteiger partial charge in [0.1, 0.15) is 18.5 Å². The van der Waals surface area contributed by atoms with Gasteiger partial charge in [0.25, 0.3) is 0 Å². The summed E-state index contributed by atoms with van der Waals surface area (Å²) in [7, 11) is 0. The SMILES string of the molecule is CCc1cccc2c1OCC(N1CCCCCC1)C2O. The van der Waals surface area contributed by atoms with Crippen molar-refractivity contribution in [1.29, 1.82) is 0 Å². The van der Waals surface area contributed by atoms with Gasteiger partial charge in [-0.1, -0.05) is 38.0 Å². The molecule has 2 aliphatic heterocycles. The van der Waals surface area contributed by atoms with Gasteiger partial charge in [-0.2, -0.15) is 0 Å². The van der Waals surface area contributed by atoms with Crippen molar-refractivity contribution in [1.82, 2.24) is 4.90 Å². The molecule has 2 atom stereocenters. The molecule has 1 fully saturated rings. The molecule has 20 heavy (non-hydrogen) atoms. The summed E-state index contributed by atoms with van der Waals surface area (Å²) in [4.78, 5) is 2.43. The minimum absolute atomic E-state index is 0.118. The van der Waals surface area contributed by atoms with Crippen LogP contribution in [0.15, 0.2) is 18.2 Å². The Morgan fingerprint density at radius 2 is 1.95 bits per heavy atom. The van der Waals surface area contributed by atoms with Crippen molar-refractivity contribution in [3.8, 4) is 5.75 Å². The molecule has 0 radical (unpaired) electrons. The van der Waals surface area contributed by atoms with Gasteiger partial charge in [-0.05, 0) is 37.9 Å². The van der Waals surface area contributed by atoms with E-state index in [-0.39, 0.29) is 6.04 Å². The number of benzene rings is 1. The summed E-state index contributed by atoms with van der Waals surface area (Å²) >= 11 is 0. The third-order valence-corrected chi connectivity index (χ3v) is 4.70. The maximum absolute atomic E-state index is 10.8. The average molecular weight is 275 g/mol. The Morgan fingerprint density at radius 3 is 2.65 bits per heavy atom. The van der Waals surface area contributed by atoms with Crippen LogP contribution in [0.2, 0.25) is 0 Å². The number of para-hydroxylation sites is 1. The van der Waals surface area contributed by atoms with Gasteiger partial charge < -0.3 is 9.84 Å². The molecule has 0 saturated carbocycles. The number of rotatable bonds is 2. The molecule has 0 spiro atoms. The molecule has 0 aliphatic carbocycles. The third-order valence-electron chi connectivity index (χ3n) is 4.70. The van der Waals surface area contributed by atoms with Crippen LogP contribution < -0.4 is 4.74 Å². The van der Waals surface area contributed by atoms with E-state index < -0.39 is 6.10 Å². The van der Waals surface area contributed by atoms with E-state index in [4.69, 9.17) is 4.74 Å². The van der Waals surface area contributed by atoms with Crippen molar-refractivity contribution < 1.29 is 9.84 Å². The van der Waals surface area contributed by atoms with Crippen molar-refractivity contribution in [2.45, 2.75) is 51.2 Å². The average Bonchev–Trinajstić information content (AvgIpc) is 2.76. The molecule has 3 rings (SSSR count). The number of hydrogen-bond donors (Lipinski definition) is 1. The number of hydrogen-bond acceptors (Lipinski definition) is 3. The number of likely N-dealkylation sites (tertiary alicyclic amines) is 1. The second kappa shape index (κ2) is 6.15. The Bertz CT molecular complexity index is 452. The molecule has 2 aliphatic rings. The summed E-state index contributed by atoms with van der Waals surface area (Å²) in [5.74, 6) is 0.925. The highest BCUT2D eigenvalue weighted by molar-refractivity contribution is 5.44. The van der Waals surface area contributed by atoms with Gasteiger partial charge in [0.15, 0.2) is 0 Å². The highest BCUT2D eigenvalue weighted by atomic mass is 16.5. The summed E-state index contributed by atoms with van der Waals surface area (Å²) in [6.45, 7) is 4.93. The van der Waals surface area contributed by atoms with Gasteiger partial charge in [-0.25, -0.2) is 0 Å². The topological polar surface area (TPSA) is 32.7 Å². The van der Waals surface area contributed by atoms with E-state index in [0.29, 0.717) is 6.61 Å². The molecule has 110 valence electrons. The molecule has 1 aromatic carbocycles. The highest BCUT2D eigenvalue weighted by Crippen LogP contribution is 2.37. The molecule has 0 aromatic heterocycles. The summed E-state index contributed by atoms with van der Waals surface area (Å²) < 4.78 is 6.02. The van der Waals surface area contributed by atoms with Crippen molar-refractivity contribution in [2.24, 2.45) is 0 Å². The lowest BCUT2D eigenvalue weighted by Gasteiger charge is -2.38. The van der Waals surface area contributed by atoms with E-state index in [9.17, 15) is 5.11 Å². The predicted octanol–water partition coefficient (Wildman–Crippen LogP) is 2.92. The normalized spacial score (nSPS) is 27.5. The Kier molecular flexibility index (Phi) is 4.27. The first-order chi connectivity index (χ1) is 9.81. The number of aryl methyl sites for hydroxylation is 1. The predicted molar refractivity (Wildman–Crippen MR) is 80.1 cm³/mol. The summed E-state index contributed by atoms with van der Waals surface area (Å²) in [5.41, 5.74) is 2.18. The molecule has 1 N–H and O–H groups in total. The van der Waals surface area contributed by atoms with E-state index in [0.717, 1.165) is 30.8 Å². The second-order valence-electron chi connectivity index (χ2n) is 5.96. The monoisotopic (exact) mass is 275 g/mol. The van der Waals surface area contributed by atoms with Crippen molar-refractivity contribution in [3.63, 3.8) is 0 Å². The van der Waals surface area contributed by atoms with Crippen molar-refractivity contribution in [2.75, 3.05) is 19.7 Å². The Morgan fingerprint density at radius 1 is 1.20 bits per heavy atom. The second-order valence-corrected chi connectivity index (χ2v) is 5.96. The van der Waals surface area contributed by atoms with Gasteiger partial charge >= 0.3 is 0 Å². The van der Waals surface area contributed by atoms with Gasteiger partial charge in [0.2, 0.25) is 0 Å². The lowest BCUT2D eigenvalue weighted by molar-refractivity contribution is 0.00444. The lowest BCUT2D eigenvalue weighted by atomic mass is 9.94. The number of aliphatic hydroxyl groups excluding tert-OH is 1. The molecule has 1 aromatic rings. The van der Waals surface area contributed by atoms with Crippen LogP contribution in [0, 0.1) is 0 Å². The first kappa shape index (κ1) is 13.9. The zero-order chi connectivity index (χ0) is 13.9. The van der Waals surface area contributed by atoms with Crippen LogP contribution in [0.4, 0.5) is 0 Å². The highest BCUT2D eigenvalue weighted by Gasteiger charge is 2.34. The Labute approximate surface area is 121 Å². The molecule has 3 nitrogen and oxygen atoms in total. The molecule has 2 unspecified atom stereocenters. The fraction of sp³-hybridized carbons (Fsp3) is 0.647. The molecule has 0 bridgehead atoms. The number of nitrogens with zero attached hydrogens (tertiary/aromatic N) is 1. The fourth-order valence-corrected chi connectivity index (χ4v) is 3.49. The van der Waals surface area contributed by atoms with Crippen LogP contribution in [0.3, 0.4) is 0 Å². The van der Waals surface area contributed by atoms with Crippen molar-refractivity contribution >= 4 is 0 Å². The van der Waals surface area contributed by atoms with Gasteiger partial charge in [0.05, 0.1) is 6.04 Å². The smallest absolute Gasteiger partial charge is 0.128 e. The largest absolute Gasteiger partial charge is 0.491 e. The molecule has 3 heteroatoms. The molecular formula is C17H25NO2. The molecule has 1 saturated heterocycles. The molecule has 0 amide bonds. The standard InChI is InChI=1S/C17H25NO2/c1-2-13-8-7-9-14-16(19)15(12-20-17(13)14)18-10-5-3-4-6-11-18/h7-9,15-16,19H,2-6,10-12H2,1H3. The van der Waals surface area contributed by atoms with E-state index in [1.54, 1.807) is 0 Å². The quantitative estimate of drug-likeness (QED) is 0.901. The van der Waals surface area contributed by atoms with Crippen LogP contribution >= 0.6 is 0 Å². The van der Waals surface area contributed by atoms with Gasteiger partial charge in [0, 0.05) is 5.56 Å². The Balaban J connectivity index is 1.83. The van der Waals surface area contributed by atoms with Crippen LogP contribution in [0.25, 0.3) is 0 Å². The third kappa shape index (κ3) is 2.57. The van der Waals surface area contributed by atoms with Crippen LogP contribution in [0.5, 0.6) is 5.75 Å². The first-order valence-electron chi connectivity index (χ1n) is 7.98. The van der Waals surface area contributed by atoms with Gasteiger partial charge in [-0.3, -0.25) is 4.90 Å². The summed E-state index contributed by atoms with van der Waals surface area (Å²) in [5, 5.41) is 10.8. The zero-order valence-electron chi connectivity index (χ0n) is 12.3. The minimum atomic E-state index is -0.414. The maximum Gasteiger partial charge on any atom is 0.128 e. The fourth-order valence-electron chi connectivity index (χ4n) is 3.49. The zero-order valence-corrected chi connectivity index (χ0v) is 12.3. The first-order valence-corrected chi connectivity index (χ1v) is 7.98. The summed E-state index contributed by atoms with van der Waals surface area (Å²) in [6, 6.07) is 6.27. The van der Waals surface area contributed by atoms with Crippen LogP contribution in [-0.4, -0.2) is 35.7 Å². The van der Waals surface area contributed by atoms with E-state index in [1.807, 2.05) is 12.1 Å². The van der Waals surface area contributed by atoms with Crippen LogP contribution in [-0.2, 0) is 6.42 Å². The van der Waals surface area contributed by atoms with E-state index in [1.165, 1.54) is 31.2 Å². The lowest BCUT2D eigenvalue weighted by Crippen LogP contribution is -2.46. The number of aliphatic hydroxyl groups is 1. The molecule has 2 heterocycles. The number of fused-ring (bicyclic) bond motifs is 1. The van der Waals surface area contributed by atoms with Gasteiger partial charge in [-0.15, -0.1) is 0 Å². The van der Waals surface area contributed by atoms with E-state index in [2.05, 4.69) is 17.9 Å². The van der Waals surface area contributed by atoms with Crippen molar-refractivity contribution in [3.05, 3.63) is 29.3 Å². The summed E-state index contributed by atoms with van der Waals surface area (Å²) in [6.07, 6.45) is 5.65. The molecular weight excluding hydrogens is 250 g/mol. The number of ether oxygens (including phenoxy) is 1. The minimum Gasteiger partial charge on any atom is -0.491 e. The Hall–Kier alpha value is -1.06. The van der Waals surface area contributed by atoms with E-state index >= 15 is 0 Å².